The predicted octanol–water partition coefficient (Wildman–Crippen LogP) is 2.69. The van der Waals surface area contributed by atoms with Crippen LogP contribution in [0.15, 0.2) is 31.0 Å². The Hall–Kier alpha value is -1.39. The average Bonchev–Trinajstić information content (AvgIpc) is 2.45. The zero-order valence-corrected chi connectivity index (χ0v) is 10.5. The molecule has 0 spiro atoms. The number of nitrogens with zero attached hydrogens (tertiary/aromatic N) is 1. The van der Waals surface area contributed by atoms with Gasteiger partial charge in [-0.15, -0.1) is 0 Å². The molecule has 0 aromatic carbocycles. The summed E-state index contributed by atoms with van der Waals surface area (Å²) in [5.41, 5.74) is 1.02. The molecule has 1 aliphatic heterocycles. The molecule has 1 fully saturated rings. The lowest BCUT2D eigenvalue weighted by Crippen LogP contribution is -2.22. The highest BCUT2D eigenvalue weighted by molar-refractivity contribution is 5.17. The smallest absolute Gasteiger partial charge is 0.213 e. The van der Waals surface area contributed by atoms with E-state index in [4.69, 9.17) is 14.2 Å². The van der Waals surface area contributed by atoms with Crippen molar-refractivity contribution in [1.29, 1.82) is 0 Å². The first-order valence-electron chi connectivity index (χ1n) is 6.30. The maximum atomic E-state index is 5.67. The van der Waals surface area contributed by atoms with Crippen molar-refractivity contribution < 1.29 is 14.2 Å². The van der Waals surface area contributed by atoms with E-state index in [1.165, 1.54) is 6.42 Å². The number of rotatable bonds is 6. The topological polar surface area (TPSA) is 40.6 Å². The number of pyridine rings is 1. The summed E-state index contributed by atoms with van der Waals surface area (Å²) >= 11 is 0. The maximum Gasteiger partial charge on any atom is 0.213 e. The van der Waals surface area contributed by atoms with Crippen molar-refractivity contribution in [2.75, 3.05) is 13.2 Å². The van der Waals surface area contributed by atoms with Gasteiger partial charge in [0.05, 0.1) is 6.61 Å². The molecule has 4 heteroatoms. The molecule has 0 amide bonds. The van der Waals surface area contributed by atoms with Crippen molar-refractivity contribution in [3.8, 4) is 5.88 Å². The quantitative estimate of drug-likeness (QED) is 0.727. The molecule has 18 heavy (non-hydrogen) atoms. The first kappa shape index (κ1) is 13.1. The zero-order chi connectivity index (χ0) is 12.6. The van der Waals surface area contributed by atoms with E-state index < -0.39 is 0 Å². The minimum Gasteiger partial charge on any atom is -0.473 e. The second-order valence-electron chi connectivity index (χ2n) is 4.21. The Morgan fingerprint density at radius 3 is 3.06 bits per heavy atom. The average molecular weight is 249 g/mol. The molecule has 1 aromatic rings. The van der Waals surface area contributed by atoms with Crippen LogP contribution in [-0.2, 0) is 16.1 Å². The van der Waals surface area contributed by atoms with E-state index in [0.29, 0.717) is 19.1 Å². The first-order chi connectivity index (χ1) is 8.88. The number of ether oxygens (including phenoxy) is 3. The second-order valence-corrected chi connectivity index (χ2v) is 4.21. The Bertz CT molecular complexity index is 358. The van der Waals surface area contributed by atoms with Gasteiger partial charge in [-0.25, -0.2) is 4.98 Å². The molecule has 2 heterocycles. The van der Waals surface area contributed by atoms with E-state index in [0.717, 1.165) is 25.0 Å². The predicted molar refractivity (Wildman–Crippen MR) is 68.3 cm³/mol. The van der Waals surface area contributed by atoms with Crippen LogP contribution in [-0.4, -0.2) is 24.5 Å². The molecule has 1 unspecified atom stereocenters. The molecule has 0 aliphatic carbocycles. The molecule has 0 radical (unpaired) electrons. The number of hydrogen-bond acceptors (Lipinski definition) is 4. The molecule has 2 rings (SSSR count). The SMILES string of the molecule is C=CCOc1ccc(COC2CCCCO2)cn1. The Kier molecular flexibility index (Phi) is 5.17. The standard InChI is InChI=1S/C14H19NO3/c1-2-8-16-13-7-6-12(10-15-13)11-18-14-5-3-4-9-17-14/h2,6-7,10,14H,1,3-5,8-9,11H2. The van der Waals surface area contributed by atoms with E-state index in [1.807, 2.05) is 12.1 Å². The normalized spacial score (nSPS) is 19.4. The largest absolute Gasteiger partial charge is 0.473 e. The van der Waals surface area contributed by atoms with Crippen LogP contribution in [0.1, 0.15) is 24.8 Å². The summed E-state index contributed by atoms with van der Waals surface area (Å²) in [6.07, 6.45) is 6.69. The Morgan fingerprint density at radius 2 is 2.39 bits per heavy atom. The lowest BCUT2D eigenvalue weighted by Gasteiger charge is -2.22. The van der Waals surface area contributed by atoms with Crippen LogP contribution in [0.3, 0.4) is 0 Å². The number of aromatic nitrogens is 1. The molecule has 0 bridgehead atoms. The van der Waals surface area contributed by atoms with Crippen molar-refractivity contribution >= 4 is 0 Å². The van der Waals surface area contributed by atoms with E-state index >= 15 is 0 Å². The summed E-state index contributed by atoms with van der Waals surface area (Å²) < 4.78 is 16.5. The van der Waals surface area contributed by atoms with Gasteiger partial charge in [-0.3, -0.25) is 0 Å². The van der Waals surface area contributed by atoms with Crippen LogP contribution in [0, 0.1) is 0 Å². The first-order valence-corrected chi connectivity index (χ1v) is 6.30. The minimum absolute atomic E-state index is 0.0598. The van der Waals surface area contributed by atoms with Gasteiger partial charge in [0, 0.05) is 18.9 Å². The van der Waals surface area contributed by atoms with Crippen molar-refractivity contribution in [1.82, 2.24) is 4.98 Å². The Labute approximate surface area is 108 Å². The van der Waals surface area contributed by atoms with Crippen LogP contribution in [0.4, 0.5) is 0 Å². The third kappa shape index (κ3) is 4.13. The Morgan fingerprint density at radius 1 is 1.44 bits per heavy atom. The van der Waals surface area contributed by atoms with Crippen LogP contribution in [0.5, 0.6) is 5.88 Å². The van der Waals surface area contributed by atoms with Gasteiger partial charge >= 0.3 is 0 Å². The molecular formula is C14H19NO3. The van der Waals surface area contributed by atoms with Gasteiger partial charge in [-0.2, -0.15) is 0 Å². The third-order valence-electron chi connectivity index (χ3n) is 2.72. The summed E-state index contributed by atoms with van der Waals surface area (Å²) in [5, 5.41) is 0. The van der Waals surface area contributed by atoms with E-state index in [-0.39, 0.29) is 6.29 Å². The van der Waals surface area contributed by atoms with Crippen molar-refractivity contribution in [3.63, 3.8) is 0 Å². The summed E-state index contributed by atoms with van der Waals surface area (Å²) in [5.74, 6) is 0.604. The lowest BCUT2D eigenvalue weighted by atomic mass is 10.2. The maximum absolute atomic E-state index is 5.67. The third-order valence-corrected chi connectivity index (χ3v) is 2.72. The molecule has 4 nitrogen and oxygen atoms in total. The number of hydrogen-bond donors (Lipinski definition) is 0. The van der Waals surface area contributed by atoms with E-state index in [2.05, 4.69) is 11.6 Å². The molecule has 1 aliphatic rings. The molecule has 0 saturated carbocycles. The monoisotopic (exact) mass is 249 g/mol. The summed E-state index contributed by atoms with van der Waals surface area (Å²) in [6, 6.07) is 3.79. The highest BCUT2D eigenvalue weighted by atomic mass is 16.7. The minimum atomic E-state index is -0.0598. The highest BCUT2D eigenvalue weighted by Gasteiger charge is 2.13. The fourth-order valence-electron chi connectivity index (χ4n) is 1.76. The van der Waals surface area contributed by atoms with Crippen LogP contribution < -0.4 is 4.74 Å². The van der Waals surface area contributed by atoms with Crippen molar-refractivity contribution in [2.24, 2.45) is 0 Å². The molecular weight excluding hydrogens is 230 g/mol. The highest BCUT2D eigenvalue weighted by Crippen LogP contribution is 2.16. The Balaban J connectivity index is 1.76. The molecule has 1 saturated heterocycles. The van der Waals surface area contributed by atoms with E-state index in [1.54, 1.807) is 12.3 Å². The molecule has 0 N–H and O–H groups in total. The van der Waals surface area contributed by atoms with Gasteiger partial charge < -0.3 is 14.2 Å². The van der Waals surface area contributed by atoms with Crippen LogP contribution >= 0.6 is 0 Å². The fraction of sp³-hybridized carbons (Fsp3) is 0.500. The van der Waals surface area contributed by atoms with Gasteiger partial charge in [0.2, 0.25) is 5.88 Å². The fourth-order valence-corrected chi connectivity index (χ4v) is 1.76. The molecule has 1 aromatic heterocycles. The van der Waals surface area contributed by atoms with Crippen LogP contribution in [0.2, 0.25) is 0 Å². The van der Waals surface area contributed by atoms with Gasteiger partial charge in [0.15, 0.2) is 6.29 Å². The van der Waals surface area contributed by atoms with Gasteiger partial charge in [0.1, 0.15) is 6.61 Å². The molecule has 98 valence electrons. The van der Waals surface area contributed by atoms with Gasteiger partial charge in [-0.1, -0.05) is 12.7 Å². The van der Waals surface area contributed by atoms with E-state index in [9.17, 15) is 0 Å². The van der Waals surface area contributed by atoms with Gasteiger partial charge in [0.25, 0.3) is 0 Å². The lowest BCUT2D eigenvalue weighted by molar-refractivity contribution is -0.168. The van der Waals surface area contributed by atoms with Crippen molar-refractivity contribution in [3.05, 3.63) is 36.5 Å². The van der Waals surface area contributed by atoms with Crippen LogP contribution in [0.25, 0.3) is 0 Å². The molecule has 1 atom stereocenters. The summed E-state index contributed by atoms with van der Waals surface area (Å²) in [4.78, 5) is 4.19. The zero-order valence-electron chi connectivity index (χ0n) is 10.5. The summed E-state index contributed by atoms with van der Waals surface area (Å²) in [7, 11) is 0. The summed E-state index contributed by atoms with van der Waals surface area (Å²) in [6.45, 7) is 5.39. The van der Waals surface area contributed by atoms with Gasteiger partial charge in [-0.05, 0) is 30.9 Å². The second kappa shape index (κ2) is 7.13. The van der Waals surface area contributed by atoms with Crippen molar-refractivity contribution in [2.45, 2.75) is 32.2 Å².